The van der Waals surface area contributed by atoms with E-state index in [1.807, 2.05) is 24.3 Å². The Bertz CT molecular complexity index is 1290. The zero-order valence-corrected chi connectivity index (χ0v) is 20.0. The Kier molecular flexibility index (Phi) is 6.70. The molecule has 35 heavy (non-hydrogen) atoms. The third-order valence-electron chi connectivity index (χ3n) is 6.87. The van der Waals surface area contributed by atoms with E-state index in [9.17, 15) is 14.7 Å². The molecule has 2 aromatic carbocycles. The number of hydrogen-bond acceptors (Lipinski definition) is 5. The maximum absolute atomic E-state index is 13.4. The van der Waals surface area contributed by atoms with Crippen LogP contribution in [0.15, 0.2) is 65.6 Å². The number of fused-ring (bicyclic) bond motifs is 2. The minimum Gasteiger partial charge on any atom is -0.491 e. The molecule has 5 rings (SSSR count). The number of nitrogens with zero attached hydrogens (tertiary/aromatic N) is 3. The van der Waals surface area contributed by atoms with Crippen LogP contribution in [0.4, 0.5) is 0 Å². The Morgan fingerprint density at radius 1 is 0.971 bits per heavy atom. The van der Waals surface area contributed by atoms with Crippen LogP contribution in [0.25, 0.3) is 0 Å². The lowest BCUT2D eigenvalue weighted by Gasteiger charge is -2.32. The van der Waals surface area contributed by atoms with Crippen molar-refractivity contribution < 1.29 is 14.6 Å². The summed E-state index contributed by atoms with van der Waals surface area (Å²) >= 11 is 0. The lowest BCUT2D eigenvalue weighted by Crippen LogP contribution is -2.44. The van der Waals surface area contributed by atoms with Gasteiger partial charge in [-0.15, -0.1) is 0 Å². The molecule has 7 heteroatoms. The summed E-state index contributed by atoms with van der Waals surface area (Å²) in [7, 11) is 1.72. The SMILES string of the molecule is Cn1ccc(Cc2ccc3c(c2)C(=O)N(C[C@H](O)CN2CCc4ccccc4C2)CCO3)cc1=O. The first-order chi connectivity index (χ1) is 17.0. The molecule has 0 radical (unpaired) electrons. The van der Waals surface area contributed by atoms with Crippen molar-refractivity contribution in [3.05, 3.63) is 99.0 Å². The molecule has 1 N–H and O–H groups in total. The quantitative estimate of drug-likeness (QED) is 0.594. The van der Waals surface area contributed by atoms with Crippen LogP contribution in [-0.4, -0.2) is 64.3 Å². The minimum atomic E-state index is -0.644. The van der Waals surface area contributed by atoms with Gasteiger partial charge in [0.1, 0.15) is 12.4 Å². The minimum absolute atomic E-state index is 0.0611. The number of aromatic nitrogens is 1. The van der Waals surface area contributed by atoms with E-state index in [4.69, 9.17) is 4.74 Å². The Morgan fingerprint density at radius 2 is 1.77 bits per heavy atom. The van der Waals surface area contributed by atoms with Gasteiger partial charge in [0.2, 0.25) is 0 Å². The van der Waals surface area contributed by atoms with Gasteiger partial charge in [-0.3, -0.25) is 14.5 Å². The molecule has 0 saturated carbocycles. The number of aliphatic hydroxyl groups is 1. The average molecular weight is 474 g/mol. The van der Waals surface area contributed by atoms with Crippen LogP contribution in [0.5, 0.6) is 5.75 Å². The van der Waals surface area contributed by atoms with Gasteiger partial charge < -0.3 is 19.3 Å². The van der Waals surface area contributed by atoms with Gasteiger partial charge in [0.25, 0.3) is 11.5 Å². The van der Waals surface area contributed by atoms with Gasteiger partial charge in [0.05, 0.1) is 18.2 Å². The molecular weight excluding hydrogens is 442 g/mol. The van der Waals surface area contributed by atoms with Gasteiger partial charge in [-0.25, -0.2) is 0 Å². The summed E-state index contributed by atoms with van der Waals surface area (Å²) in [5.74, 6) is 0.429. The van der Waals surface area contributed by atoms with Crippen LogP contribution in [0.3, 0.4) is 0 Å². The number of amides is 1. The molecule has 2 aliphatic rings. The lowest BCUT2D eigenvalue weighted by atomic mass is 9.99. The number of carbonyl (C=O) groups excluding carboxylic acids is 1. The third kappa shape index (κ3) is 5.31. The molecule has 182 valence electrons. The number of aliphatic hydroxyl groups excluding tert-OH is 1. The second-order valence-electron chi connectivity index (χ2n) is 9.50. The largest absolute Gasteiger partial charge is 0.491 e. The smallest absolute Gasteiger partial charge is 0.257 e. The van der Waals surface area contributed by atoms with Crippen molar-refractivity contribution >= 4 is 5.91 Å². The zero-order chi connectivity index (χ0) is 24.4. The highest BCUT2D eigenvalue weighted by Gasteiger charge is 2.27. The normalized spacial score (nSPS) is 16.7. The Balaban J connectivity index is 1.26. The van der Waals surface area contributed by atoms with Crippen molar-refractivity contribution in [2.24, 2.45) is 7.05 Å². The molecule has 1 aromatic heterocycles. The predicted molar refractivity (Wildman–Crippen MR) is 134 cm³/mol. The molecule has 3 aromatic rings. The second-order valence-corrected chi connectivity index (χ2v) is 9.50. The Labute approximate surface area is 205 Å². The van der Waals surface area contributed by atoms with E-state index in [-0.39, 0.29) is 18.0 Å². The molecule has 1 atom stereocenters. The third-order valence-corrected chi connectivity index (χ3v) is 6.87. The van der Waals surface area contributed by atoms with Crippen molar-refractivity contribution in [1.82, 2.24) is 14.4 Å². The summed E-state index contributed by atoms with van der Waals surface area (Å²) in [6.07, 6.45) is 2.63. The molecule has 0 fully saturated rings. The van der Waals surface area contributed by atoms with Crippen molar-refractivity contribution in [2.45, 2.75) is 25.5 Å². The topological polar surface area (TPSA) is 75.0 Å². The highest BCUT2D eigenvalue weighted by Crippen LogP contribution is 2.26. The molecular formula is C28H31N3O4. The van der Waals surface area contributed by atoms with Gasteiger partial charge in [-0.05, 0) is 53.3 Å². The fourth-order valence-electron chi connectivity index (χ4n) is 4.95. The average Bonchev–Trinajstić information content (AvgIpc) is 3.00. The van der Waals surface area contributed by atoms with Crippen molar-refractivity contribution in [2.75, 3.05) is 32.8 Å². The number of β-amino-alcohol motifs (C(OH)–C–C–N with tert-alkyl or cyclic N) is 1. The molecule has 7 nitrogen and oxygen atoms in total. The van der Waals surface area contributed by atoms with Crippen LogP contribution < -0.4 is 10.3 Å². The second kappa shape index (κ2) is 10.1. The van der Waals surface area contributed by atoms with Crippen LogP contribution in [0, 0.1) is 0 Å². The van der Waals surface area contributed by atoms with E-state index in [0.717, 1.165) is 30.6 Å². The highest BCUT2D eigenvalue weighted by molar-refractivity contribution is 5.97. The summed E-state index contributed by atoms with van der Waals surface area (Å²) in [5, 5.41) is 10.8. The van der Waals surface area contributed by atoms with E-state index in [0.29, 0.717) is 37.4 Å². The van der Waals surface area contributed by atoms with Crippen LogP contribution in [0.1, 0.15) is 32.6 Å². The number of hydrogen-bond donors (Lipinski definition) is 1. The fraction of sp³-hybridized carbons (Fsp3) is 0.357. The summed E-state index contributed by atoms with van der Waals surface area (Å²) in [4.78, 5) is 29.3. The van der Waals surface area contributed by atoms with Gasteiger partial charge in [-0.2, -0.15) is 0 Å². The number of ether oxygens (including phenoxy) is 1. The van der Waals surface area contributed by atoms with Crippen molar-refractivity contribution in [3.63, 3.8) is 0 Å². The van der Waals surface area contributed by atoms with E-state index >= 15 is 0 Å². The number of rotatable bonds is 6. The van der Waals surface area contributed by atoms with E-state index in [2.05, 4.69) is 29.2 Å². The molecule has 1 amide bonds. The summed E-state index contributed by atoms with van der Waals surface area (Å²) in [5.41, 5.74) is 4.95. The summed E-state index contributed by atoms with van der Waals surface area (Å²) in [6, 6.07) is 17.6. The van der Waals surface area contributed by atoms with Crippen LogP contribution in [-0.2, 0) is 26.4 Å². The fourth-order valence-corrected chi connectivity index (χ4v) is 4.95. The standard InChI is InChI=1S/C28H31N3O4/c1-29-10-8-21(16-27(29)33)14-20-6-7-26-25(15-20)28(34)31(12-13-35-26)19-24(32)18-30-11-9-22-4-2-3-5-23(22)17-30/h2-8,10,15-16,24,32H,9,11-14,17-19H2,1H3/t24-/m1/s1. The van der Waals surface area contributed by atoms with Gasteiger partial charge in [0.15, 0.2) is 0 Å². The Morgan fingerprint density at radius 3 is 2.60 bits per heavy atom. The summed E-state index contributed by atoms with van der Waals surface area (Å²) < 4.78 is 7.38. The molecule has 0 aliphatic carbocycles. The first-order valence-electron chi connectivity index (χ1n) is 12.1. The number of carbonyl (C=O) groups is 1. The zero-order valence-electron chi connectivity index (χ0n) is 20.0. The van der Waals surface area contributed by atoms with Crippen LogP contribution in [0.2, 0.25) is 0 Å². The molecule has 2 aliphatic heterocycles. The first-order valence-corrected chi connectivity index (χ1v) is 12.1. The van der Waals surface area contributed by atoms with Gasteiger partial charge in [-0.1, -0.05) is 30.3 Å². The van der Waals surface area contributed by atoms with Crippen molar-refractivity contribution in [3.8, 4) is 5.75 Å². The first kappa shape index (κ1) is 23.3. The summed E-state index contributed by atoms with van der Waals surface area (Å²) in [6.45, 7) is 3.32. The van der Waals surface area contributed by atoms with Crippen LogP contribution >= 0.6 is 0 Å². The number of aryl methyl sites for hydroxylation is 1. The molecule has 0 unspecified atom stereocenters. The lowest BCUT2D eigenvalue weighted by molar-refractivity contribution is 0.0501. The van der Waals surface area contributed by atoms with Crippen molar-refractivity contribution in [1.29, 1.82) is 0 Å². The van der Waals surface area contributed by atoms with E-state index in [1.165, 1.54) is 15.7 Å². The van der Waals surface area contributed by atoms with E-state index < -0.39 is 6.10 Å². The monoisotopic (exact) mass is 473 g/mol. The maximum atomic E-state index is 13.4. The predicted octanol–water partition coefficient (Wildman–Crippen LogP) is 2.23. The number of pyridine rings is 1. The molecule has 3 heterocycles. The highest BCUT2D eigenvalue weighted by atomic mass is 16.5. The molecule has 0 bridgehead atoms. The maximum Gasteiger partial charge on any atom is 0.257 e. The molecule has 0 saturated heterocycles. The number of benzene rings is 2. The van der Waals surface area contributed by atoms with Gasteiger partial charge >= 0.3 is 0 Å². The molecule has 0 spiro atoms. The van der Waals surface area contributed by atoms with E-state index in [1.54, 1.807) is 24.2 Å². The Hall–Kier alpha value is -3.42. The van der Waals surface area contributed by atoms with Gasteiger partial charge in [0, 0.05) is 45.5 Å².